The molecule has 2 N–H and O–H groups in total. The van der Waals surface area contributed by atoms with Gasteiger partial charge in [0.25, 0.3) is 0 Å². The summed E-state index contributed by atoms with van der Waals surface area (Å²) in [5.74, 6) is 1.54. The minimum absolute atomic E-state index is 0. The summed E-state index contributed by atoms with van der Waals surface area (Å²) in [6.07, 6.45) is -0.197. The molecule has 0 radical (unpaired) electrons. The van der Waals surface area contributed by atoms with Crippen LogP contribution < -0.4 is 9.47 Å². The zero-order chi connectivity index (χ0) is 18.3. The third-order valence-electron chi connectivity index (χ3n) is 5.33. The molecular weight excluding hydrogens is 348 g/mol. The Morgan fingerprint density at radius 1 is 0.778 bits per heavy atom. The highest BCUT2D eigenvalue weighted by molar-refractivity contribution is 5.44. The first kappa shape index (κ1) is 19.3. The van der Waals surface area contributed by atoms with Crippen LogP contribution in [0.1, 0.15) is 30.8 Å². The standard InChI is InChI=1S/C20H22O6.CH4/c1-23-17-7-11(3-5-15(17)21)19-13-9-26-20(14(13)10-25-19)12-4-6-16(22)18(8-12)24-2;/h3-8,13-14,19-22H,9-10H2,1-2H3;1H4/t13?,14?,19-,20-;/m1./s1. The Balaban J connectivity index is 0.00000210. The molecule has 146 valence electrons. The Morgan fingerprint density at radius 3 is 1.56 bits per heavy atom. The van der Waals surface area contributed by atoms with Crippen molar-refractivity contribution in [2.24, 2.45) is 11.8 Å². The average Bonchev–Trinajstić information content (AvgIpc) is 3.25. The summed E-state index contributed by atoms with van der Waals surface area (Å²) in [7, 11) is 3.06. The molecule has 0 aliphatic carbocycles. The molecule has 27 heavy (non-hydrogen) atoms. The molecule has 2 heterocycles. The molecule has 0 spiro atoms. The highest BCUT2D eigenvalue weighted by atomic mass is 16.5. The molecule has 0 amide bonds. The number of rotatable bonds is 4. The van der Waals surface area contributed by atoms with Crippen molar-refractivity contribution in [3.63, 3.8) is 0 Å². The van der Waals surface area contributed by atoms with Gasteiger partial charge in [-0.05, 0) is 35.4 Å². The highest BCUT2D eigenvalue weighted by Crippen LogP contribution is 2.51. The Morgan fingerprint density at radius 2 is 1.19 bits per heavy atom. The van der Waals surface area contributed by atoms with Gasteiger partial charge in [-0.2, -0.15) is 0 Å². The van der Waals surface area contributed by atoms with E-state index in [0.29, 0.717) is 24.7 Å². The van der Waals surface area contributed by atoms with Crippen LogP contribution in [-0.4, -0.2) is 37.6 Å². The van der Waals surface area contributed by atoms with Crippen LogP contribution in [0.5, 0.6) is 23.0 Å². The molecule has 2 aromatic carbocycles. The van der Waals surface area contributed by atoms with E-state index in [1.54, 1.807) is 12.1 Å². The molecule has 2 aliphatic heterocycles. The van der Waals surface area contributed by atoms with Gasteiger partial charge in [0.1, 0.15) is 0 Å². The van der Waals surface area contributed by atoms with Crippen LogP contribution in [0.25, 0.3) is 0 Å². The Labute approximate surface area is 159 Å². The third kappa shape index (κ3) is 3.31. The molecule has 0 aromatic heterocycles. The summed E-state index contributed by atoms with van der Waals surface area (Å²) in [6.45, 7) is 1.18. The van der Waals surface area contributed by atoms with Crippen molar-refractivity contribution < 1.29 is 29.2 Å². The quantitative estimate of drug-likeness (QED) is 0.847. The first-order valence-corrected chi connectivity index (χ1v) is 8.59. The monoisotopic (exact) mass is 374 g/mol. The number of methoxy groups -OCH3 is 2. The Hall–Kier alpha value is -2.44. The Kier molecular flexibility index (Phi) is 5.48. The van der Waals surface area contributed by atoms with Gasteiger partial charge in [0.15, 0.2) is 23.0 Å². The van der Waals surface area contributed by atoms with Crippen molar-refractivity contribution in [1.29, 1.82) is 0 Å². The fraction of sp³-hybridized carbons (Fsp3) is 0.429. The lowest BCUT2D eigenvalue weighted by Crippen LogP contribution is -2.14. The number of ether oxygens (including phenoxy) is 4. The van der Waals surface area contributed by atoms with Gasteiger partial charge in [0.2, 0.25) is 0 Å². The maximum Gasteiger partial charge on any atom is 0.160 e. The second kappa shape index (κ2) is 7.66. The molecule has 2 aromatic rings. The van der Waals surface area contributed by atoms with Crippen molar-refractivity contribution in [3.05, 3.63) is 47.5 Å². The molecular formula is C21H26O6. The number of hydrogen-bond donors (Lipinski definition) is 2. The van der Waals surface area contributed by atoms with Gasteiger partial charge in [0.05, 0.1) is 39.6 Å². The lowest BCUT2D eigenvalue weighted by molar-refractivity contribution is 0.0191. The normalized spacial score (nSPS) is 26.3. The van der Waals surface area contributed by atoms with E-state index in [1.807, 2.05) is 24.3 Å². The number of fused-ring (bicyclic) bond motifs is 1. The van der Waals surface area contributed by atoms with Gasteiger partial charge in [-0.25, -0.2) is 0 Å². The van der Waals surface area contributed by atoms with Crippen molar-refractivity contribution in [2.45, 2.75) is 19.6 Å². The molecule has 0 bridgehead atoms. The summed E-state index contributed by atoms with van der Waals surface area (Å²) in [5.41, 5.74) is 1.94. The molecule has 6 nitrogen and oxygen atoms in total. The third-order valence-corrected chi connectivity index (χ3v) is 5.33. The minimum atomic E-state index is -0.0986. The number of phenolic OH excluding ortho intramolecular Hbond substituents is 2. The number of aromatic hydroxyl groups is 2. The lowest BCUT2D eigenvalue weighted by Gasteiger charge is -2.18. The van der Waals surface area contributed by atoms with E-state index in [0.717, 1.165) is 11.1 Å². The van der Waals surface area contributed by atoms with Gasteiger partial charge < -0.3 is 29.2 Å². The van der Waals surface area contributed by atoms with Gasteiger partial charge >= 0.3 is 0 Å². The van der Waals surface area contributed by atoms with Crippen LogP contribution in [0.4, 0.5) is 0 Å². The van der Waals surface area contributed by atoms with E-state index in [1.165, 1.54) is 14.2 Å². The molecule has 6 heteroatoms. The summed E-state index contributed by atoms with van der Waals surface area (Å²) in [4.78, 5) is 0. The predicted octanol–water partition coefficient (Wildman–Crippen LogP) is 3.83. The SMILES string of the molecule is C.COc1cc([C@H]2OCC3C2CO[C@@H]3c2ccc(O)c(OC)c2)ccc1O. The number of phenols is 2. The van der Waals surface area contributed by atoms with Crippen LogP contribution in [0.3, 0.4) is 0 Å². The van der Waals surface area contributed by atoms with Gasteiger partial charge in [-0.1, -0.05) is 19.6 Å². The van der Waals surface area contributed by atoms with E-state index in [9.17, 15) is 10.2 Å². The van der Waals surface area contributed by atoms with Crippen LogP contribution >= 0.6 is 0 Å². The van der Waals surface area contributed by atoms with Crippen molar-refractivity contribution >= 4 is 0 Å². The maximum absolute atomic E-state index is 9.80. The second-order valence-corrected chi connectivity index (χ2v) is 6.70. The topological polar surface area (TPSA) is 77.4 Å². The summed E-state index contributed by atoms with van der Waals surface area (Å²) < 4.78 is 22.6. The molecule has 0 saturated carbocycles. The molecule has 2 aliphatic rings. The first-order valence-electron chi connectivity index (χ1n) is 8.59. The van der Waals surface area contributed by atoms with Crippen molar-refractivity contribution in [1.82, 2.24) is 0 Å². The first-order chi connectivity index (χ1) is 12.6. The Bertz CT molecular complexity index is 738. The van der Waals surface area contributed by atoms with Gasteiger partial charge in [-0.15, -0.1) is 0 Å². The zero-order valence-electron chi connectivity index (χ0n) is 14.7. The van der Waals surface area contributed by atoms with Crippen molar-refractivity contribution in [2.75, 3.05) is 27.4 Å². The summed E-state index contributed by atoms with van der Waals surface area (Å²) in [5, 5.41) is 19.6. The highest BCUT2D eigenvalue weighted by Gasteiger charge is 2.48. The molecule has 2 saturated heterocycles. The van der Waals surface area contributed by atoms with E-state index in [2.05, 4.69) is 0 Å². The second-order valence-electron chi connectivity index (χ2n) is 6.70. The predicted molar refractivity (Wildman–Crippen MR) is 100 cm³/mol. The van der Waals surface area contributed by atoms with Gasteiger partial charge in [-0.3, -0.25) is 0 Å². The maximum atomic E-state index is 9.80. The van der Waals surface area contributed by atoms with Gasteiger partial charge in [0, 0.05) is 11.8 Å². The van der Waals surface area contributed by atoms with Crippen molar-refractivity contribution in [3.8, 4) is 23.0 Å². The minimum Gasteiger partial charge on any atom is -0.504 e. The smallest absolute Gasteiger partial charge is 0.160 e. The molecule has 4 rings (SSSR count). The largest absolute Gasteiger partial charge is 0.504 e. The number of benzene rings is 2. The lowest BCUT2D eigenvalue weighted by atomic mass is 9.85. The van der Waals surface area contributed by atoms with Crippen LogP contribution in [0.15, 0.2) is 36.4 Å². The molecule has 2 fully saturated rings. The van der Waals surface area contributed by atoms with E-state index in [4.69, 9.17) is 18.9 Å². The van der Waals surface area contributed by atoms with Crippen LogP contribution in [0.2, 0.25) is 0 Å². The van der Waals surface area contributed by atoms with E-state index in [-0.39, 0.29) is 43.0 Å². The van der Waals surface area contributed by atoms with Crippen LogP contribution in [-0.2, 0) is 9.47 Å². The van der Waals surface area contributed by atoms with Crippen LogP contribution in [0, 0.1) is 11.8 Å². The average molecular weight is 374 g/mol. The summed E-state index contributed by atoms with van der Waals surface area (Å²) in [6, 6.07) is 10.6. The molecule has 4 atom stereocenters. The number of hydrogen-bond acceptors (Lipinski definition) is 6. The molecule has 2 unspecified atom stereocenters. The van der Waals surface area contributed by atoms with E-state index >= 15 is 0 Å². The summed E-state index contributed by atoms with van der Waals surface area (Å²) >= 11 is 0. The fourth-order valence-corrected chi connectivity index (χ4v) is 3.98. The van der Waals surface area contributed by atoms with E-state index < -0.39 is 0 Å². The fourth-order valence-electron chi connectivity index (χ4n) is 3.98. The zero-order valence-corrected chi connectivity index (χ0v) is 14.7.